The molecule has 7 aliphatic heterocycles. The Balaban J connectivity index is 1.10. The zero-order valence-electron chi connectivity index (χ0n) is 30.0. The van der Waals surface area contributed by atoms with Crippen LogP contribution in [-0.4, -0.2) is 75.1 Å². The summed E-state index contributed by atoms with van der Waals surface area (Å²) in [5.41, 5.74) is 1.56. The molecule has 2 saturated carbocycles. The Morgan fingerprint density at radius 3 is 2.49 bits per heavy atom. The van der Waals surface area contributed by atoms with Gasteiger partial charge >= 0.3 is 11.9 Å². The Hall–Kier alpha value is -3.24. The van der Waals surface area contributed by atoms with Crippen molar-refractivity contribution in [3.05, 3.63) is 39.5 Å². The maximum absolute atomic E-state index is 14.8. The lowest BCUT2D eigenvalue weighted by Crippen LogP contribution is -2.74. The maximum Gasteiger partial charge on any atom is 0.339 e. The Labute approximate surface area is 297 Å². The molecular weight excluding hydrogens is 674 g/mol. The molecule has 2 aliphatic carbocycles. The molecule has 6 fully saturated rings. The van der Waals surface area contributed by atoms with Crippen LogP contribution in [0.3, 0.4) is 0 Å². The van der Waals surface area contributed by atoms with Gasteiger partial charge in [0.25, 0.3) is 0 Å². The van der Waals surface area contributed by atoms with Gasteiger partial charge in [0.2, 0.25) is 10.0 Å². The van der Waals surface area contributed by atoms with E-state index in [0.29, 0.717) is 31.5 Å². The van der Waals surface area contributed by atoms with Crippen LogP contribution in [-0.2, 0) is 54.5 Å². The van der Waals surface area contributed by atoms with Crippen molar-refractivity contribution in [3.8, 4) is 11.8 Å². The lowest BCUT2D eigenvalue weighted by atomic mass is 9.37. The van der Waals surface area contributed by atoms with Gasteiger partial charge in [0.05, 0.1) is 35.5 Å². The van der Waals surface area contributed by atoms with Crippen LogP contribution >= 0.6 is 0 Å². The van der Waals surface area contributed by atoms with E-state index in [1.807, 2.05) is 33.8 Å². The molecule has 270 valence electrons. The third-order valence-corrected chi connectivity index (χ3v) is 16.2. The molecule has 1 aromatic rings. The van der Waals surface area contributed by atoms with Gasteiger partial charge in [0.1, 0.15) is 36.3 Å². The fourth-order valence-electron chi connectivity index (χ4n) is 13.1. The summed E-state index contributed by atoms with van der Waals surface area (Å²) in [5.74, 6) is 5.11. The molecule has 10 rings (SSSR count). The van der Waals surface area contributed by atoms with E-state index in [1.54, 1.807) is 6.92 Å². The Morgan fingerprint density at radius 1 is 1.00 bits per heavy atom. The number of anilines is 1. The second kappa shape index (κ2) is 9.46. The Bertz CT molecular complexity index is 2130. The summed E-state index contributed by atoms with van der Waals surface area (Å²) in [6.45, 7) is 12.4. The summed E-state index contributed by atoms with van der Waals surface area (Å²) in [6, 6.07) is 0. The van der Waals surface area contributed by atoms with Crippen LogP contribution in [0.25, 0.3) is 0 Å². The Morgan fingerprint density at radius 2 is 1.76 bits per heavy atom. The number of carbonyl (C=O) groups is 3. The van der Waals surface area contributed by atoms with E-state index in [1.165, 1.54) is 10.6 Å². The quantitative estimate of drug-likeness (QED) is 0.192. The highest BCUT2D eigenvalue weighted by Gasteiger charge is 2.90. The molecule has 1 aromatic carbocycles. The molecule has 11 atom stereocenters. The van der Waals surface area contributed by atoms with Crippen LogP contribution in [0.15, 0.2) is 11.6 Å². The average molecular weight is 718 g/mol. The Kier molecular flexibility index (Phi) is 6.01. The van der Waals surface area contributed by atoms with Crippen molar-refractivity contribution in [2.45, 2.75) is 115 Å². The lowest BCUT2D eigenvalue weighted by Gasteiger charge is -2.65. The first-order chi connectivity index (χ1) is 24.0. The molecule has 0 N–H and O–H groups in total. The van der Waals surface area contributed by atoms with Crippen LogP contribution in [0.4, 0.5) is 5.69 Å². The van der Waals surface area contributed by atoms with E-state index < -0.39 is 74.0 Å². The number of Topliss-reactive ketones (excluding diaryl/α,β-unsaturated/α-hetero) is 1. The number of hydrogen-bond acceptors (Lipinski definition) is 10. The lowest BCUT2D eigenvalue weighted by molar-refractivity contribution is -0.222. The first-order valence-electron chi connectivity index (χ1n) is 18.2. The van der Waals surface area contributed by atoms with Gasteiger partial charge in [-0.05, 0) is 82.6 Å². The van der Waals surface area contributed by atoms with Gasteiger partial charge in [-0.2, -0.15) is 0 Å². The van der Waals surface area contributed by atoms with Crippen LogP contribution in [0.1, 0.15) is 100 Å². The summed E-state index contributed by atoms with van der Waals surface area (Å²) in [6.07, 6.45) is 2.18. The van der Waals surface area contributed by atoms with Gasteiger partial charge < -0.3 is 23.7 Å². The van der Waals surface area contributed by atoms with E-state index in [4.69, 9.17) is 23.7 Å². The molecule has 51 heavy (non-hydrogen) atoms. The number of nitrogens with zero attached hydrogens (tertiary/aromatic N) is 1. The maximum atomic E-state index is 14.8. The SMILES string of the molecule is CC#Cc1c(C)c2c(c3c1CCN3S(C)(=O)=O)C1OC2C=C1[C@@H]1OC(=O)[C@H]2O[C@@]23[C@@]1(C)CC[C@@H]1[C@@]24COC(=O)C[C@@H]2OC(C)(C)[C@@H]4CC(=O)[C@]13C. The van der Waals surface area contributed by atoms with Crippen molar-refractivity contribution in [1.82, 2.24) is 0 Å². The van der Waals surface area contributed by atoms with Crippen molar-refractivity contribution in [2.24, 2.45) is 28.1 Å². The van der Waals surface area contributed by atoms with Crippen molar-refractivity contribution >= 4 is 33.4 Å². The zero-order chi connectivity index (χ0) is 36.0. The minimum Gasteiger partial charge on any atom is -0.465 e. The van der Waals surface area contributed by atoms with E-state index in [2.05, 4.69) is 18.8 Å². The number of cyclic esters (lactones) is 2. The van der Waals surface area contributed by atoms with Gasteiger partial charge in [-0.1, -0.05) is 12.8 Å². The second-order valence-electron chi connectivity index (χ2n) is 17.3. The summed E-state index contributed by atoms with van der Waals surface area (Å²) in [5, 5.41) is 0. The van der Waals surface area contributed by atoms with Crippen molar-refractivity contribution in [3.63, 3.8) is 0 Å². The van der Waals surface area contributed by atoms with Crippen molar-refractivity contribution in [2.75, 3.05) is 23.7 Å². The van der Waals surface area contributed by atoms with E-state index in [9.17, 15) is 22.8 Å². The molecule has 4 saturated heterocycles. The van der Waals surface area contributed by atoms with E-state index >= 15 is 0 Å². The molecule has 0 amide bonds. The number of sulfonamides is 1. The molecule has 2 spiro atoms. The molecule has 2 unspecified atom stereocenters. The predicted octanol–water partition coefficient (Wildman–Crippen LogP) is 3.93. The molecule has 7 heterocycles. The first kappa shape index (κ1) is 32.4. The second-order valence-corrected chi connectivity index (χ2v) is 19.3. The fraction of sp³-hybridized carbons (Fsp3) is 0.667. The minimum absolute atomic E-state index is 0.0459. The largest absolute Gasteiger partial charge is 0.465 e. The number of fused-ring (bicyclic) bond motifs is 8. The number of ether oxygens (including phenoxy) is 5. The summed E-state index contributed by atoms with van der Waals surface area (Å²) < 4.78 is 60.1. The first-order valence-corrected chi connectivity index (χ1v) is 20.0. The van der Waals surface area contributed by atoms with Crippen LogP contribution in [0.2, 0.25) is 0 Å². The summed E-state index contributed by atoms with van der Waals surface area (Å²) in [7, 11) is -3.62. The smallest absolute Gasteiger partial charge is 0.339 e. The van der Waals surface area contributed by atoms with Gasteiger partial charge in [0, 0.05) is 46.4 Å². The number of hydrogen-bond donors (Lipinski definition) is 0. The molecule has 9 aliphatic rings. The summed E-state index contributed by atoms with van der Waals surface area (Å²) in [4.78, 5) is 41.5. The number of carbonyl (C=O) groups excluding carboxylic acids is 3. The molecular formula is C39H43NO10S. The van der Waals surface area contributed by atoms with Crippen molar-refractivity contribution in [1.29, 1.82) is 0 Å². The van der Waals surface area contributed by atoms with Gasteiger partial charge in [-0.25, -0.2) is 13.2 Å². The van der Waals surface area contributed by atoms with Gasteiger partial charge in [0.15, 0.2) is 6.10 Å². The standard InChI is InChI=1S/C39H43NO10S/c1-8-9-19-18(2)28-22-14-21(31(47-22)29(28)30-20(19)11-13-40(30)51(7,44)45)32-36(5)12-10-23-37(6,39(36)33(50-39)34(43)48-32)25(41)15-24-35(3,4)49-26-16-27(42)46-17-38(23,24)26/h14,22-24,26,31-33H,10-13,15-17H2,1-7H3/t22?,23-,24-,26-,31?,32-,33+,36-,37-,38+,39+/m0/s1. The van der Waals surface area contributed by atoms with E-state index in [-0.39, 0.29) is 43.0 Å². The monoisotopic (exact) mass is 717 g/mol. The molecule has 12 heteroatoms. The number of ketones is 1. The highest BCUT2D eigenvalue weighted by Crippen LogP contribution is 2.79. The van der Waals surface area contributed by atoms with Gasteiger partial charge in [-0.15, -0.1) is 5.92 Å². The minimum atomic E-state index is -3.62. The van der Waals surface area contributed by atoms with Crippen LogP contribution < -0.4 is 4.31 Å². The fourth-order valence-corrected chi connectivity index (χ4v) is 14.1. The molecule has 0 radical (unpaired) electrons. The van der Waals surface area contributed by atoms with Crippen molar-refractivity contribution < 1.29 is 46.5 Å². The number of epoxide rings is 1. The number of benzene rings is 1. The summed E-state index contributed by atoms with van der Waals surface area (Å²) >= 11 is 0. The highest BCUT2D eigenvalue weighted by atomic mass is 32.2. The van der Waals surface area contributed by atoms with Crippen LogP contribution in [0.5, 0.6) is 0 Å². The predicted molar refractivity (Wildman–Crippen MR) is 181 cm³/mol. The molecule has 2 bridgehead atoms. The third-order valence-electron chi connectivity index (χ3n) is 15.1. The van der Waals surface area contributed by atoms with Crippen LogP contribution in [0, 0.1) is 46.8 Å². The number of rotatable bonds is 2. The number of esters is 2. The normalized spacial score (nSPS) is 44.8. The van der Waals surface area contributed by atoms with E-state index in [0.717, 1.165) is 33.4 Å². The third kappa shape index (κ3) is 3.45. The molecule has 0 aromatic heterocycles. The zero-order valence-corrected chi connectivity index (χ0v) is 30.8. The average Bonchev–Trinajstić information content (AvgIpc) is 3.30. The van der Waals surface area contributed by atoms with Gasteiger partial charge in [-0.3, -0.25) is 13.9 Å². The topological polar surface area (TPSA) is 138 Å². The highest BCUT2D eigenvalue weighted by molar-refractivity contribution is 7.92. The molecule has 11 nitrogen and oxygen atoms in total.